The minimum Gasteiger partial charge on any atom is -0.495 e. The SMILES string of the molecule is COc1ccc(C(=O)Nc2ccc(N(C)C)nc2)cc1S(=O)(=O)NC1CCCC1. The minimum atomic E-state index is -3.80. The van der Waals surface area contributed by atoms with Crippen LogP contribution in [0, 0.1) is 0 Å². The number of carbonyl (C=O) groups is 1. The van der Waals surface area contributed by atoms with Crippen LogP contribution in [0.3, 0.4) is 0 Å². The van der Waals surface area contributed by atoms with Crippen molar-refractivity contribution in [3.05, 3.63) is 42.1 Å². The number of hydrogen-bond donors (Lipinski definition) is 2. The standard InChI is InChI=1S/C20H26N4O4S/c1-24(2)19-11-9-16(13-21-19)22-20(25)14-8-10-17(28-3)18(12-14)29(26,27)23-15-6-4-5-7-15/h8-13,15,23H,4-7H2,1-3H3,(H,22,25). The molecule has 0 saturated heterocycles. The lowest BCUT2D eigenvalue weighted by Crippen LogP contribution is -2.33. The van der Waals surface area contributed by atoms with Crippen LogP contribution < -0.4 is 19.7 Å². The molecule has 0 atom stereocenters. The lowest BCUT2D eigenvalue weighted by Gasteiger charge is -2.16. The van der Waals surface area contributed by atoms with E-state index in [2.05, 4.69) is 15.0 Å². The normalized spacial score (nSPS) is 14.6. The molecule has 2 N–H and O–H groups in total. The highest BCUT2D eigenvalue weighted by Crippen LogP contribution is 2.27. The summed E-state index contributed by atoms with van der Waals surface area (Å²) in [7, 11) is 1.35. The molecule has 1 aliphatic carbocycles. The summed E-state index contributed by atoms with van der Waals surface area (Å²) in [6.45, 7) is 0. The molecular weight excluding hydrogens is 392 g/mol. The van der Waals surface area contributed by atoms with Gasteiger partial charge < -0.3 is 15.0 Å². The summed E-state index contributed by atoms with van der Waals surface area (Å²) in [5, 5.41) is 2.74. The van der Waals surface area contributed by atoms with Gasteiger partial charge in [-0.3, -0.25) is 4.79 Å². The molecule has 0 radical (unpaired) electrons. The van der Waals surface area contributed by atoms with Gasteiger partial charge in [-0.1, -0.05) is 12.8 Å². The molecule has 1 saturated carbocycles. The zero-order chi connectivity index (χ0) is 21.0. The van der Waals surface area contributed by atoms with Crippen molar-refractivity contribution >= 4 is 27.4 Å². The number of aromatic nitrogens is 1. The number of sulfonamides is 1. The number of ether oxygens (including phenoxy) is 1. The average molecular weight is 419 g/mol. The Labute approximate surface area is 171 Å². The van der Waals surface area contributed by atoms with Crippen LogP contribution in [0.25, 0.3) is 0 Å². The number of carbonyl (C=O) groups excluding carboxylic acids is 1. The summed E-state index contributed by atoms with van der Waals surface area (Å²) in [4.78, 5) is 18.7. The molecule has 1 fully saturated rings. The van der Waals surface area contributed by atoms with Gasteiger partial charge in [0.25, 0.3) is 5.91 Å². The Morgan fingerprint density at radius 2 is 1.90 bits per heavy atom. The van der Waals surface area contributed by atoms with E-state index < -0.39 is 15.9 Å². The lowest BCUT2D eigenvalue weighted by molar-refractivity contribution is 0.102. The predicted molar refractivity (Wildman–Crippen MR) is 112 cm³/mol. The zero-order valence-electron chi connectivity index (χ0n) is 16.8. The van der Waals surface area contributed by atoms with E-state index in [-0.39, 0.29) is 22.3 Å². The molecule has 0 bridgehead atoms. The Morgan fingerprint density at radius 1 is 1.17 bits per heavy atom. The van der Waals surface area contributed by atoms with Gasteiger partial charge in [0.1, 0.15) is 16.5 Å². The molecule has 3 rings (SSSR count). The smallest absolute Gasteiger partial charge is 0.255 e. The molecule has 29 heavy (non-hydrogen) atoms. The monoisotopic (exact) mass is 418 g/mol. The molecule has 2 aromatic rings. The Hall–Kier alpha value is -2.65. The maximum Gasteiger partial charge on any atom is 0.255 e. The number of nitrogens with zero attached hydrogens (tertiary/aromatic N) is 2. The van der Waals surface area contributed by atoms with Crippen LogP contribution in [0.2, 0.25) is 0 Å². The number of benzene rings is 1. The van der Waals surface area contributed by atoms with Crippen molar-refractivity contribution in [1.82, 2.24) is 9.71 Å². The lowest BCUT2D eigenvalue weighted by atomic mass is 10.2. The molecule has 1 amide bonds. The van der Waals surface area contributed by atoms with Crippen molar-refractivity contribution in [2.45, 2.75) is 36.6 Å². The molecule has 0 unspecified atom stereocenters. The minimum absolute atomic E-state index is 0.0411. The van der Waals surface area contributed by atoms with E-state index in [1.807, 2.05) is 19.0 Å². The second kappa shape index (κ2) is 8.79. The maximum atomic E-state index is 12.9. The molecule has 9 heteroatoms. The van der Waals surface area contributed by atoms with Crippen LogP contribution in [-0.2, 0) is 10.0 Å². The Morgan fingerprint density at radius 3 is 2.48 bits per heavy atom. The van der Waals surface area contributed by atoms with E-state index in [0.717, 1.165) is 31.5 Å². The number of nitrogens with one attached hydrogen (secondary N) is 2. The van der Waals surface area contributed by atoms with E-state index >= 15 is 0 Å². The van der Waals surface area contributed by atoms with Gasteiger partial charge in [-0.05, 0) is 43.2 Å². The quantitative estimate of drug-likeness (QED) is 0.717. The fourth-order valence-corrected chi connectivity index (χ4v) is 4.78. The fraction of sp³-hybridized carbons (Fsp3) is 0.400. The van der Waals surface area contributed by atoms with E-state index in [0.29, 0.717) is 5.69 Å². The molecule has 1 heterocycles. The highest BCUT2D eigenvalue weighted by Gasteiger charge is 2.26. The highest BCUT2D eigenvalue weighted by molar-refractivity contribution is 7.89. The van der Waals surface area contributed by atoms with Crippen LogP contribution in [0.4, 0.5) is 11.5 Å². The molecular formula is C20H26N4O4S. The number of anilines is 2. The van der Waals surface area contributed by atoms with Gasteiger partial charge in [0.15, 0.2) is 0 Å². The van der Waals surface area contributed by atoms with E-state index in [4.69, 9.17) is 4.74 Å². The van der Waals surface area contributed by atoms with Crippen molar-refractivity contribution in [2.75, 3.05) is 31.4 Å². The van der Waals surface area contributed by atoms with Gasteiger partial charge in [-0.15, -0.1) is 0 Å². The van der Waals surface area contributed by atoms with Crippen molar-refractivity contribution < 1.29 is 17.9 Å². The number of rotatable bonds is 7. The summed E-state index contributed by atoms with van der Waals surface area (Å²) in [5.74, 6) is 0.534. The third-order valence-electron chi connectivity index (χ3n) is 4.86. The second-order valence-corrected chi connectivity index (χ2v) is 8.90. The van der Waals surface area contributed by atoms with E-state index in [1.54, 1.807) is 18.3 Å². The molecule has 0 aliphatic heterocycles. The maximum absolute atomic E-state index is 12.9. The third-order valence-corrected chi connectivity index (χ3v) is 6.40. The Kier molecular flexibility index (Phi) is 6.39. The van der Waals surface area contributed by atoms with Gasteiger partial charge >= 0.3 is 0 Å². The molecule has 156 valence electrons. The van der Waals surface area contributed by atoms with Gasteiger partial charge in [0.2, 0.25) is 10.0 Å². The number of hydrogen-bond acceptors (Lipinski definition) is 6. The summed E-state index contributed by atoms with van der Waals surface area (Å²) in [6, 6.07) is 7.81. The van der Waals surface area contributed by atoms with Gasteiger partial charge in [-0.25, -0.2) is 18.1 Å². The van der Waals surface area contributed by atoms with Crippen molar-refractivity contribution in [3.63, 3.8) is 0 Å². The zero-order valence-corrected chi connectivity index (χ0v) is 17.6. The first-order valence-electron chi connectivity index (χ1n) is 9.45. The molecule has 1 aromatic carbocycles. The number of pyridine rings is 1. The fourth-order valence-electron chi connectivity index (χ4n) is 3.28. The molecule has 0 spiro atoms. The van der Waals surface area contributed by atoms with Crippen molar-refractivity contribution in [2.24, 2.45) is 0 Å². The average Bonchev–Trinajstić information content (AvgIpc) is 3.20. The molecule has 8 nitrogen and oxygen atoms in total. The first-order chi connectivity index (χ1) is 13.8. The van der Waals surface area contributed by atoms with Gasteiger partial charge in [0, 0.05) is 25.7 Å². The molecule has 1 aromatic heterocycles. The van der Waals surface area contributed by atoms with E-state index in [1.165, 1.54) is 25.3 Å². The van der Waals surface area contributed by atoms with Crippen molar-refractivity contribution in [1.29, 1.82) is 0 Å². The van der Waals surface area contributed by atoms with Gasteiger partial charge in [-0.2, -0.15) is 0 Å². The summed E-state index contributed by atoms with van der Waals surface area (Å²) >= 11 is 0. The second-order valence-electron chi connectivity index (χ2n) is 7.22. The van der Waals surface area contributed by atoms with Crippen LogP contribution in [0.5, 0.6) is 5.75 Å². The third kappa shape index (κ3) is 5.04. The van der Waals surface area contributed by atoms with Crippen LogP contribution >= 0.6 is 0 Å². The first kappa shape index (κ1) is 21.1. The first-order valence-corrected chi connectivity index (χ1v) is 10.9. The Balaban J connectivity index is 1.82. The van der Waals surface area contributed by atoms with Crippen LogP contribution in [-0.4, -0.2) is 46.6 Å². The van der Waals surface area contributed by atoms with Crippen LogP contribution in [0.1, 0.15) is 36.0 Å². The largest absolute Gasteiger partial charge is 0.495 e. The topological polar surface area (TPSA) is 101 Å². The summed E-state index contributed by atoms with van der Waals surface area (Å²) in [6.07, 6.45) is 5.20. The van der Waals surface area contributed by atoms with Crippen molar-refractivity contribution in [3.8, 4) is 5.75 Å². The molecule has 1 aliphatic rings. The highest BCUT2D eigenvalue weighted by atomic mass is 32.2. The van der Waals surface area contributed by atoms with Gasteiger partial charge in [0.05, 0.1) is 19.0 Å². The summed E-state index contributed by atoms with van der Waals surface area (Å²) in [5.41, 5.74) is 0.735. The summed E-state index contributed by atoms with van der Waals surface area (Å²) < 4.78 is 33.7. The predicted octanol–water partition coefficient (Wildman–Crippen LogP) is 2.63. The van der Waals surface area contributed by atoms with E-state index in [9.17, 15) is 13.2 Å². The number of amides is 1. The Bertz CT molecular complexity index is 968. The number of methoxy groups -OCH3 is 1. The van der Waals surface area contributed by atoms with Crippen LogP contribution in [0.15, 0.2) is 41.4 Å².